The van der Waals surface area contributed by atoms with Crippen LogP contribution >= 0.6 is 0 Å². The molecule has 0 aliphatic heterocycles. The summed E-state index contributed by atoms with van der Waals surface area (Å²) in [6, 6.07) is 5.48. The number of hydrogen-bond donors (Lipinski definition) is 1. The van der Waals surface area contributed by atoms with E-state index in [0.717, 1.165) is 12.8 Å². The molecule has 0 unspecified atom stereocenters. The highest BCUT2D eigenvalue weighted by molar-refractivity contribution is 5.82. The first-order valence-electron chi connectivity index (χ1n) is 7.09. The number of benzene rings is 1. The van der Waals surface area contributed by atoms with Gasteiger partial charge >= 0.3 is 0 Å². The van der Waals surface area contributed by atoms with Crippen LogP contribution in [-0.2, 0) is 11.3 Å². The average molecular weight is 290 g/mol. The maximum absolute atomic E-state index is 13.2. The molecule has 1 aromatic heterocycles. The Hall–Kier alpha value is -2.17. The molecule has 1 heterocycles. The van der Waals surface area contributed by atoms with Crippen molar-refractivity contribution in [2.24, 2.45) is 0 Å². The molecule has 0 aliphatic carbocycles. The lowest BCUT2D eigenvalue weighted by molar-refractivity contribution is -0.122. The summed E-state index contributed by atoms with van der Waals surface area (Å²) in [7, 11) is 0. The minimum absolute atomic E-state index is 0.108. The summed E-state index contributed by atoms with van der Waals surface area (Å²) in [6.07, 6.45) is 3.48. The maximum atomic E-state index is 13.2. The minimum atomic E-state index is -0.460. The summed E-state index contributed by atoms with van der Waals surface area (Å²) < 4.78 is 14.9. The van der Waals surface area contributed by atoms with Crippen LogP contribution in [-0.4, -0.2) is 16.5 Å². The number of pyridine rings is 1. The first kappa shape index (κ1) is 15.2. The number of aromatic nitrogens is 1. The van der Waals surface area contributed by atoms with Gasteiger partial charge in [-0.3, -0.25) is 9.59 Å². The first-order chi connectivity index (χ1) is 10.0. The monoisotopic (exact) mass is 290 g/mol. The van der Waals surface area contributed by atoms with Gasteiger partial charge in [-0.1, -0.05) is 13.3 Å². The molecule has 112 valence electrons. The van der Waals surface area contributed by atoms with Gasteiger partial charge in [0.15, 0.2) is 5.43 Å². The molecule has 2 rings (SSSR count). The van der Waals surface area contributed by atoms with E-state index in [-0.39, 0.29) is 29.3 Å². The van der Waals surface area contributed by atoms with Crippen LogP contribution in [0.4, 0.5) is 4.39 Å². The van der Waals surface area contributed by atoms with E-state index in [1.165, 1.54) is 24.3 Å². The van der Waals surface area contributed by atoms with Crippen molar-refractivity contribution >= 4 is 16.8 Å². The van der Waals surface area contributed by atoms with E-state index in [1.54, 1.807) is 10.8 Å². The van der Waals surface area contributed by atoms with Gasteiger partial charge in [0, 0.05) is 23.7 Å². The van der Waals surface area contributed by atoms with Crippen molar-refractivity contribution < 1.29 is 9.18 Å². The van der Waals surface area contributed by atoms with Crippen LogP contribution in [0.25, 0.3) is 10.9 Å². The SMILES string of the molecule is CCC[C@@H](C)NC(=O)Cn1ccc(=O)c2cc(F)ccc21. The summed E-state index contributed by atoms with van der Waals surface area (Å²) in [6.45, 7) is 4.13. The van der Waals surface area contributed by atoms with Crippen molar-refractivity contribution in [3.05, 3.63) is 46.5 Å². The number of amides is 1. The van der Waals surface area contributed by atoms with Crippen LogP contribution in [0.15, 0.2) is 35.3 Å². The molecule has 1 aromatic carbocycles. The Balaban J connectivity index is 2.25. The number of nitrogens with zero attached hydrogens (tertiary/aromatic N) is 1. The number of nitrogens with one attached hydrogen (secondary N) is 1. The molecular weight excluding hydrogens is 271 g/mol. The summed E-state index contributed by atoms with van der Waals surface area (Å²) >= 11 is 0. The van der Waals surface area contributed by atoms with Gasteiger partial charge < -0.3 is 9.88 Å². The Labute approximate surface area is 122 Å². The number of carbonyl (C=O) groups is 1. The molecule has 1 amide bonds. The Morgan fingerprint density at radius 2 is 2.14 bits per heavy atom. The van der Waals surface area contributed by atoms with Gasteiger partial charge in [-0.2, -0.15) is 0 Å². The highest BCUT2D eigenvalue weighted by atomic mass is 19.1. The van der Waals surface area contributed by atoms with E-state index in [9.17, 15) is 14.0 Å². The van der Waals surface area contributed by atoms with Crippen LogP contribution in [0.2, 0.25) is 0 Å². The third-order valence-electron chi connectivity index (χ3n) is 3.38. The van der Waals surface area contributed by atoms with Gasteiger partial charge in [-0.15, -0.1) is 0 Å². The van der Waals surface area contributed by atoms with E-state index >= 15 is 0 Å². The molecule has 1 atom stereocenters. The smallest absolute Gasteiger partial charge is 0.240 e. The summed E-state index contributed by atoms with van der Waals surface area (Å²) in [5.74, 6) is -0.580. The minimum Gasteiger partial charge on any atom is -0.352 e. The van der Waals surface area contributed by atoms with Gasteiger partial charge in [0.2, 0.25) is 5.91 Å². The van der Waals surface area contributed by atoms with Gasteiger partial charge in [0.05, 0.1) is 5.52 Å². The number of rotatable bonds is 5. The van der Waals surface area contributed by atoms with Gasteiger partial charge in [0.1, 0.15) is 12.4 Å². The number of hydrogen-bond acceptors (Lipinski definition) is 2. The normalized spacial score (nSPS) is 12.3. The summed E-state index contributed by atoms with van der Waals surface area (Å²) in [5.41, 5.74) is 0.308. The Bertz CT molecular complexity index is 709. The summed E-state index contributed by atoms with van der Waals surface area (Å²) in [4.78, 5) is 23.8. The molecule has 0 fully saturated rings. The zero-order chi connectivity index (χ0) is 15.4. The van der Waals surface area contributed by atoms with E-state index < -0.39 is 5.82 Å². The maximum Gasteiger partial charge on any atom is 0.240 e. The number of fused-ring (bicyclic) bond motifs is 1. The zero-order valence-corrected chi connectivity index (χ0v) is 12.2. The van der Waals surface area contributed by atoms with E-state index in [0.29, 0.717) is 5.52 Å². The third kappa shape index (κ3) is 3.68. The highest BCUT2D eigenvalue weighted by Gasteiger charge is 2.10. The van der Waals surface area contributed by atoms with Gasteiger partial charge in [-0.05, 0) is 31.5 Å². The van der Waals surface area contributed by atoms with Crippen LogP contribution < -0.4 is 10.7 Å². The fourth-order valence-electron chi connectivity index (χ4n) is 2.40. The van der Waals surface area contributed by atoms with Crippen molar-refractivity contribution in [2.75, 3.05) is 0 Å². The number of carbonyl (C=O) groups excluding carboxylic acids is 1. The van der Waals surface area contributed by atoms with Crippen molar-refractivity contribution in [3.8, 4) is 0 Å². The molecule has 0 bridgehead atoms. The van der Waals surface area contributed by atoms with Crippen LogP contribution in [0.3, 0.4) is 0 Å². The summed E-state index contributed by atoms with van der Waals surface area (Å²) in [5, 5.41) is 3.19. The molecule has 2 aromatic rings. The third-order valence-corrected chi connectivity index (χ3v) is 3.38. The molecule has 0 saturated carbocycles. The molecule has 0 aliphatic rings. The lowest BCUT2D eigenvalue weighted by atomic mass is 10.2. The number of halogens is 1. The molecule has 5 heteroatoms. The quantitative estimate of drug-likeness (QED) is 0.919. The van der Waals surface area contributed by atoms with Crippen LogP contribution in [0, 0.1) is 5.82 Å². The molecule has 0 saturated heterocycles. The largest absolute Gasteiger partial charge is 0.352 e. The Morgan fingerprint density at radius 1 is 1.38 bits per heavy atom. The first-order valence-corrected chi connectivity index (χ1v) is 7.09. The van der Waals surface area contributed by atoms with Gasteiger partial charge in [-0.25, -0.2) is 4.39 Å². The van der Waals surface area contributed by atoms with Crippen molar-refractivity contribution in [1.82, 2.24) is 9.88 Å². The zero-order valence-electron chi connectivity index (χ0n) is 12.2. The molecule has 4 nitrogen and oxygen atoms in total. The van der Waals surface area contributed by atoms with E-state index in [4.69, 9.17) is 0 Å². The Morgan fingerprint density at radius 3 is 2.86 bits per heavy atom. The average Bonchev–Trinajstić information content (AvgIpc) is 2.42. The lowest BCUT2D eigenvalue weighted by Crippen LogP contribution is -2.35. The second-order valence-electron chi connectivity index (χ2n) is 5.23. The van der Waals surface area contributed by atoms with Crippen LogP contribution in [0.5, 0.6) is 0 Å². The fraction of sp³-hybridized carbons (Fsp3) is 0.375. The molecular formula is C16H19FN2O2. The predicted octanol–water partition coefficient (Wildman–Crippen LogP) is 2.45. The van der Waals surface area contributed by atoms with E-state index in [1.807, 2.05) is 6.92 Å². The Kier molecular flexibility index (Phi) is 4.73. The fourth-order valence-corrected chi connectivity index (χ4v) is 2.40. The highest BCUT2D eigenvalue weighted by Crippen LogP contribution is 2.12. The molecule has 0 spiro atoms. The molecule has 0 radical (unpaired) electrons. The standard InChI is InChI=1S/C16H19FN2O2/c1-3-4-11(2)18-16(21)10-19-8-7-15(20)13-9-12(17)5-6-14(13)19/h5-9,11H,3-4,10H2,1-2H3,(H,18,21)/t11-/m1/s1. The second kappa shape index (κ2) is 6.52. The molecule has 21 heavy (non-hydrogen) atoms. The van der Waals surface area contributed by atoms with Crippen LogP contribution in [0.1, 0.15) is 26.7 Å². The lowest BCUT2D eigenvalue weighted by Gasteiger charge is -2.15. The topological polar surface area (TPSA) is 51.1 Å². The van der Waals surface area contributed by atoms with Crippen molar-refractivity contribution in [1.29, 1.82) is 0 Å². The predicted molar refractivity (Wildman–Crippen MR) is 80.7 cm³/mol. The van der Waals surface area contributed by atoms with Gasteiger partial charge in [0.25, 0.3) is 0 Å². The second-order valence-corrected chi connectivity index (χ2v) is 5.23. The van der Waals surface area contributed by atoms with Crippen molar-refractivity contribution in [3.63, 3.8) is 0 Å². The van der Waals surface area contributed by atoms with E-state index in [2.05, 4.69) is 12.2 Å². The molecule has 1 N–H and O–H groups in total. The van der Waals surface area contributed by atoms with Crippen molar-refractivity contribution in [2.45, 2.75) is 39.3 Å².